The molecule has 120 heavy (non-hydrogen) atoms. The first-order chi connectivity index (χ1) is 57.0. The summed E-state index contributed by atoms with van der Waals surface area (Å²) in [7, 11) is 4.02. The van der Waals surface area contributed by atoms with E-state index in [1.54, 1.807) is 100 Å². The number of thiol groups is 1. The van der Waals surface area contributed by atoms with Crippen LogP contribution < -0.4 is 4.90 Å². The number of hydrogen-bond donors (Lipinski definition) is 2. The van der Waals surface area contributed by atoms with E-state index in [0.29, 0.717) is 71.5 Å². The lowest BCUT2D eigenvalue weighted by Crippen LogP contribution is -2.28. The van der Waals surface area contributed by atoms with E-state index in [9.17, 15) is 43.2 Å². The summed E-state index contributed by atoms with van der Waals surface area (Å²) >= 11 is 32.7. The Kier molecular flexibility index (Phi) is 35.9. The Labute approximate surface area is 773 Å². The van der Waals surface area contributed by atoms with Gasteiger partial charge in [-0.05, 0) is 181 Å². The van der Waals surface area contributed by atoms with E-state index in [0.717, 1.165) is 151 Å². The molecule has 0 saturated carbocycles. The Morgan fingerprint density at radius 1 is 0.433 bits per heavy atom. The summed E-state index contributed by atoms with van der Waals surface area (Å²) in [5.41, 5.74) is 15.8. The number of alkyl halides is 2. The minimum atomic E-state index is -0.0348. The molecule has 9 aromatic carbocycles. The summed E-state index contributed by atoms with van der Waals surface area (Å²) in [6, 6.07) is 55.1. The normalized spacial score (nSPS) is 19.5. The lowest BCUT2D eigenvalue weighted by atomic mass is 9.95. The molecule has 9 aromatic rings. The molecule has 18 rings (SSSR count). The van der Waals surface area contributed by atoms with E-state index in [1.807, 2.05) is 174 Å². The first-order valence-corrected chi connectivity index (χ1v) is 50.6. The van der Waals surface area contributed by atoms with Gasteiger partial charge in [0.05, 0.1) is 16.3 Å². The Hall–Kier alpha value is -5.48. The number of halogens is 3. The monoisotopic (exact) mass is 1940 g/mol. The number of aliphatic hydroxyl groups is 1. The lowest BCUT2D eigenvalue weighted by Gasteiger charge is -2.30. The summed E-state index contributed by atoms with van der Waals surface area (Å²) in [6.45, 7) is 22.9. The van der Waals surface area contributed by atoms with Gasteiger partial charge >= 0.3 is 0 Å². The Bertz CT molecular complexity index is 5290. The van der Waals surface area contributed by atoms with Gasteiger partial charge in [0, 0.05) is 218 Å². The van der Waals surface area contributed by atoms with Gasteiger partial charge in [-0.1, -0.05) is 142 Å². The first-order valence-electron chi connectivity index (χ1n) is 39.6. The number of Topliss-reactive ketones (excluding diaryl/α,β-unsaturated/α-hetero) is 9. The number of aliphatic hydroxyl groups excluding tert-OH is 1. The van der Waals surface area contributed by atoms with Gasteiger partial charge in [-0.25, -0.2) is 0 Å². The van der Waals surface area contributed by atoms with Crippen LogP contribution in [0.1, 0.15) is 220 Å². The molecule has 0 aliphatic carbocycles. The fraction of sp³-hybridized carbons (Fsp3) is 0.344. The van der Waals surface area contributed by atoms with Gasteiger partial charge in [0.1, 0.15) is 0 Å². The SMILES string of the molecule is CC1CC(=O)c2cc(Cl)ccc2S1.CC1CC(=O)c2ccccc2S1.CC1Sc2ccccc2C(=O)C1Br.CN(C)c1ccc2c(c1)SCCC2=O.Cc1cc(C)c2c(c1)SC(C)(C)CC2=O.Cc1ccc2c(c1)C(=O)C(Br)CS2.Cc1ccc2c(c1)C(=O)CC(C)(C)S2.O=C1CCSc2cc(CO)ccc21.O=C1CCSc2cc(CS)ccc21. The summed E-state index contributed by atoms with van der Waals surface area (Å²) in [6.07, 6.45) is 4.59. The highest BCUT2D eigenvalue weighted by Crippen LogP contribution is 2.47. The second-order valence-electron chi connectivity index (χ2n) is 31.5. The second-order valence-corrected chi connectivity index (χ2v) is 46.7. The molecule has 630 valence electrons. The van der Waals surface area contributed by atoms with E-state index in [4.69, 9.17) is 16.7 Å². The maximum atomic E-state index is 12.0. The van der Waals surface area contributed by atoms with E-state index in [-0.39, 0.29) is 72.0 Å². The Morgan fingerprint density at radius 2 is 0.900 bits per heavy atom. The van der Waals surface area contributed by atoms with E-state index >= 15 is 0 Å². The summed E-state index contributed by atoms with van der Waals surface area (Å²) < 4.78 is 0.101. The molecule has 0 radical (unpaired) electrons. The molecule has 9 heterocycles. The van der Waals surface area contributed by atoms with Crippen LogP contribution in [0.4, 0.5) is 5.69 Å². The highest BCUT2D eigenvalue weighted by atomic mass is 79.9. The molecular weight excluding hydrogens is 1840 g/mol. The predicted octanol–water partition coefficient (Wildman–Crippen LogP) is 26.6. The van der Waals surface area contributed by atoms with E-state index in [1.165, 1.54) is 11.1 Å². The molecule has 9 aliphatic heterocycles. The molecular formula is C96H100Br2ClNO10S10. The average molecular weight is 1940 g/mol. The van der Waals surface area contributed by atoms with Crippen molar-refractivity contribution in [1.82, 2.24) is 0 Å². The molecule has 1 N–H and O–H groups in total. The van der Waals surface area contributed by atoms with Crippen molar-refractivity contribution >= 4 is 220 Å². The maximum Gasteiger partial charge on any atom is 0.178 e. The fourth-order valence-electron chi connectivity index (χ4n) is 13.9. The van der Waals surface area contributed by atoms with Crippen LogP contribution in [-0.2, 0) is 12.4 Å². The van der Waals surface area contributed by atoms with Gasteiger partial charge in [0.15, 0.2) is 52.0 Å². The molecule has 5 unspecified atom stereocenters. The fourth-order valence-corrected chi connectivity index (χ4v) is 25.7. The van der Waals surface area contributed by atoms with Crippen molar-refractivity contribution < 1.29 is 48.3 Å². The molecule has 5 atom stereocenters. The van der Waals surface area contributed by atoms with E-state index in [2.05, 4.69) is 141 Å². The third-order valence-corrected chi connectivity index (χ3v) is 33.7. The number of carbonyl (C=O) groups is 9. The Morgan fingerprint density at radius 3 is 1.48 bits per heavy atom. The summed E-state index contributed by atoms with van der Waals surface area (Å²) in [5.74, 6) is 6.57. The number of benzene rings is 9. The summed E-state index contributed by atoms with van der Waals surface area (Å²) in [4.78, 5) is 117. The van der Waals surface area contributed by atoms with Gasteiger partial charge in [-0.2, -0.15) is 12.6 Å². The van der Waals surface area contributed by atoms with Crippen LogP contribution in [0.3, 0.4) is 0 Å². The number of aryl methyl sites for hydroxylation is 4. The number of anilines is 1. The standard InChI is InChI=1S/C13H16OS.C12H14OS.C11H13NOS.2C10H9BrOS.C10H9ClOS.C10H10O2S.C10H10OS2.C10H10OS/c1-8-5-9(2)12-10(14)7-13(3,4)15-11(12)6-8;1-8-4-5-11-9(6-8)10(13)7-12(2,3)14-11;1-12(2)8-3-4-9-10(13)5-6-14-11(9)7-8;1-6-2-3-9-7(4-6)10(12)8(11)5-13-9;1-6-9(11)10(12)7-4-2-3-5-8(7)13-6;1-6-4-9(12)8-5-7(11)2-3-10(8)13-6;11-6-7-1-2-8-9(12)3-4-13-10(8)5-7;11-9-3-4-13-10-5-7(6-12)1-2-8(9)10;1-7-6-9(11)8-4-2-3-5-10(8)12-7/h5-6H,7H2,1-4H3;4-6H,7H2,1-3H3;3-4,7H,5-6H2,1-2H3;2-4,8H,5H2,1H3;2-6,9H,1H3;2-3,5-6H,4H2,1H3;1-2,5,11H,3-4,6H2;1-2,5,12H,3-4,6H2;2-5,7H,6H2,1H3. The first kappa shape index (κ1) is 96.7. The number of ketones is 9. The quantitative estimate of drug-likeness (QED) is 0.126. The maximum absolute atomic E-state index is 12.0. The Balaban J connectivity index is 0.000000142. The highest BCUT2D eigenvalue weighted by molar-refractivity contribution is 9.10. The van der Waals surface area contributed by atoms with Crippen LogP contribution >= 0.6 is 162 Å². The van der Waals surface area contributed by atoms with Crippen molar-refractivity contribution in [2.45, 2.75) is 212 Å². The number of carbonyl (C=O) groups excluding carboxylic acids is 9. The molecule has 0 saturated heterocycles. The van der Waals surface area contributed by atoms with Gasteiger partial charge in [0.25, 0.3) is 0 Å². The zero-order valence-corrected chi connectivity index (χ0v) is 81.7. The molecule has 0 bridgehead atoms. The zero-order chi connectivity index (χ0) is 87.0. The largest absolute Gasteiger partial charge is 0.392 e. The third-order valence-electron chi connectivity index (χ3n) is 19.9. The molecule has 0 aromatic heterocycles. The van der Waals surface area contributed by atoms with Crippen molar-refractivity contribution in [2.75, 3.05) is 42.0 Å². The van der Waals surface area contributed by atoms with Gasteiger partial charge in [-0.3, -0.25) is 43.2 Å². The van der Waals surface area contributed by atoms with Crippen molar-refractivity contribution in [3.8, 4) is 0 Å². The topological polar surface area (TPSA) is 177 Å². The number of nitrogens with zero attached hydrogens (tertiary/aromatic N) is 1. The minimum Gasteiger partial charge on any atom is -0.392 e. The molecule has 24 heteroatoms. The van der Waals surface area contributed by atoms with Crippen LogP contribution in [0, 0.1) is 27.7 Å². The van der Waals surface area contributed by atoms with Crippen LogP contribution in [0.2, 0.25) is 5.02 Å². The third kappa shape index (κ3) is 26.6. The number of hydrogen-bond acceptors (Lipinski definition) is 21. The number of fused-ring (bicyclic) bond motifs is 9. The van der Waals surface area contributed by atoms with Crippen LogP contribution in [-0.4, -0.2) is 129 Å². The average Bonchev–Trinajstić information content (AvgIpc) is 0.789. The van der Waals surface area contributed by atoms with Gasteiger partial charge < -0.3 is 10.0 Å². The van der Waals surface area contributed by atoms with Crippen molar-refractivity contribution in [3.05, 3.63) is 258 Å². The second kappa shape index (κ2) is 44.6. The molecule has 0 amide bonds. The number of rotatable bonds is 3. The molecule has 0 fully saturated rings. The smallest absolute Gasteiger partial charge is 0.178 e. The van der Waals surface area contributed by atoms with Crippen molar-refractivity contribution in [1.29, 1.82) is 0 Å². The van der Waals surface area contributed by atoms with Crippen LogP contribution in [0.5, 0.6) is 0 Å². The van der Waals surface area contributed by atoms with Crippen LogP contribution in [0.15, 0.2) is 214 Å². The minimum absolute atomic E-state index is 0.00759. The zero-order valence-electron chi connectivity index (χ0n) is 69.6. The lowest BCUT2D eigenvalue weighted by molar-refractivity contribution is 0.0958. The molecule has 11 nitrogen and oxygen atoms in total. The van der Waals surface area contributed by atoms with Gasteiger partial charge in [0.2, 0.25) is 0 Å². The number of thioether (sulfide) groups is 9. The van der Waals surface area contributed by atoms with Crippen molar-refractivity contribution in [2.24, 2.45) is 0 Å². The van der Waals surface area contributed by atoms with Crippen molar-refractivity contribution in [3.63, 3.8) is 0 Å². The predicted molar refractivity (Wildman–Crippen MR) is 520 cm³/mol. The van der Waals surface area contributed by atoms with Crippen LogP contribution in [0.25, 0.3) is 0 Å². The van der Waals surface area contributed by atoms with Gasteiger partial charge in [-0.15, -0.1) is 106 Å². The molecule has 0 spiro atoms. The summed E-state index contributed by atoms with van der Waals surface area (Å²) in [5, 5.41) is 10.7. The van der Waals surface area contributed by atoms with E-state index < -0.39 is 0 Å². The molecule has 9 aliphatic rings. The highest BCUT2D eigenvalue weighted by Gasteiger charge is 2.36.